The van der Waals surface area contributed by atoms with Gasteiger partial charge in [0.15, 0.2) is 0 Å². The van der Waals surface area contributed by atoms with Crippen molar-refractivity contribution in [2.45, 2.75) is 39.7 Å². The highest BCUT2D eigenvalue weighted by atomic mass is 31.2. The van der Waals surface area contributed by atoms with Crippen LogP contribution in [0.2, 0.25) is 0 Å². The zero-order chi connectivity index (χ0) is 11.7. The van der Waals surface area contributed by atoms with Crippen molar-refractivity contribution in [2.24, 2.45) is 0 Å². The second-order valence-corrected chi connectivity index (χ2v) is 4.54. The molecule has 15 heavy (non-hydrogen) atoms. The standard InChI is InChI=1S/C9H21O5P/c1-4-7-13-15(10,11)14-8-9(5-2)12-6-3/h9H,4-8H2,1-3H3,(H,10,11). The highest BCUT2D eigenvalue weighted by Gasteiger charge is 2.22. The van der Waals surface area contributed by atoms with Crippen LogP contribution in [0.5, 0.6) is 0 Å². The monoisotopic (exact) mass is 240 g/mol. The highest BCUT2D eigenvalue weighted by molar-refractivity contribution is 7.47. The zero-order valence-electron chi connectivity index (χ0n) is 9.64. The van der Waals surface area contributed by atoms with E-state index in [-0.39, 0.29) is 19.3 Å². The van der Waals surface area contributed by atoms with E-state index in [0.717, 1.165) is 6.42 Å². The van der Waals surface area contributed by atoms with Crippen LogP contribution < -0.4 is 0 Å². The lowest BCUT2D eigenvalue weighted by molar-refractivity contribution is 0.0131. The largest absolute Gasteiger partial charge is 0.472 e. The molecule has 0 aliphatic heterocycles. The molecule has 0 aromatic heterocycles. The fourth-order valence-corrected chi connectivity index (χ4v) is 1.78. The molecule has 0 aromatic rings. The minimum Gasteiger partial charge on any atom is -0.376 e. The van der Waals surface area contributed by atoms with Gasteiger partial charge >= 0.3 is 7.82 Å². The van der Waals surface area contributed by atoms with Gasteiger partial charge in [0.05, 0.1) is 19.3 Å². The Balaban J connectivity index is 3.84. The van der Waals surface area contributed by atoms with Gasteiger partial charge in [-0.25, -0.2) is 4.57 Å². The third-order valence-electron chi connectivity index (χ3n) is 1.74. The Labute approximate surface area is 91.3 Å². The molecule has 0 rings (SSSR count). The topological polar surface area (TPSA) is 65.0 Å². The summed E-state index contributed by atoms with van der Waals surface area (Å²) < 4.78 is 26.0. The van der Waals surface area contributed by atoms with Crippen LogP contribution in [0.25, 0.3) is 0 Å². The normalized spacial score (nSPS) is 17.3. The van der Waals surface area contributed by atoms with Gasteiger partial charge in [-0.2, -0.15) is 0 Å². The first-order valence-electron chi connectivity index (χ1n) is 5.29. The van der Waals surface area contributed by atoms with E-state index < -0.39 is 7.82 Å². The maximum atomic E-state index is 11.3. The Morgan fingerprint density at radius 1 is 1.27 bits per heavy atom. The lowest BCUT2D eigenvalue weighted by Crippen LogP contribution is -2.18. The molecular formula is C9H21O5P. The van der Waals surface area contributed by atoms with Crippen molar-refractivity contribution in [2.75, 3.05) is 19.8 Å². The van der Waals surface area contributed by atoms with E-state index in [4.69, 9.17) is 9.26 Å². The van der Waals surface area contributed by atoms with Gasteiger partial charge in [-0.1, -0.05) is 13.8 Å². The van der Waals surface area contributed by atoms with Crippen LogP contribution in [0.15, 0.2) is 0 Å². The Morgan fingerprint density at radius 2 is 1.93 bits per heavy atom. The van der Waals surface area contributed by atoms with Gasteiger partial charge in [-0.05, 0) is 19.8 Å². The minimum atomic E-state index is -3.88. The highest BCUT2D eigenvalue weighted by Crippen LogP contribution is 2.43. The molecule has 0 saturated carbocycles. The summed E-state index contributed by atoms with van der Waals surface area (Å²) in [5.41, 5.74) is 0. The zero-order valence-corrected chi connectivity index (χ0v) is 10.5. The molecule has 2 atom stereocenters. The van der Waals surface area contributed by atoms with Gasteiger partial charge < -0.3 is 9.63 Å². The fourth-order valence-electron chi connectivity index (χ4n) is 0.941. The summed E-state index contributed by atoms with van der Waals surface area (Å²) in [5.74, 6) is 0. The van der Waals surface area contributed by atoms with Crippen molar-refractivity contribution < 1.29 is 23.2 Å². The predicted molar refractivity (Wildman–Crippen MR) is 57.7 cm³/mol. The summed E-state index contributed by atoms with van der Waals surface area (Å²) in [7, 11) is -3.88. The van der Waals surface area contributed by atoms with E-state index in [2.05, 4.69) is 4.52 Å². The molecule has 0 heterocycles. The van der Waals surface area contributed by atoms with E-state index in [9.17, 15) is 9.46 Å². The number of hydrogen-bond donors (Lipinski definition) is 1. The van der Waals surface area contributed by atoms with Gasteiger partial charge in [0.1, 0.15) is 0 Å². The first-order valence-corrected chi connectivity index (χ1v) is 6.78. The summed E-state index contributed by atoms with van der Waals surface area (Å²) in [6, 6.07) is 0. The van der Waals surface area contributed by atoms with Gasteiger partial charge in [0.2, 0.25) is 0 Å². The summed E-state index contributed by atoms with van der Waals surface area (Å²) in [5, 5.41) is 0. The average Bonchev–Trinajstić information content (AvgIpc) is 2.21. The molecular weight excluding hydrogens is 219 g/mol. The average molecular weight is 240 g/mol. The molecule has 0 saturated heterocycles. The van der Waals surface area contributed by atoms with Crippen molar-refractivity contribution in [3.05, 3.63) is 0 Å². The van der Waals surface area contributed by atoms with Crippen LogP contribution in [0.4, 0.5) is 0 Å². The summed E-state index contributed by atoms with van der Waals surface area (Å²) in [6.45, 7) is 6.52. The molecule has 0 bridgehead atoms. The Kier molecular flexibility index (Phi) is 8.29. The fraction of sp³-hybridized carbons (Fsp3) is 1.00. The molecule has 0 spiro atoms. The first-order chi connectivity index (χ1) is 7.05. The second-order valence-electron chi connectivity index (χ2n) is 3.08. The Bertz CT molecular complexity index is 197. The van der Waals surface area contributed by atoms with Gasteiger partial charge in [0, 0.05) is 6.61 Å². The second kappa shape index (κ2) is 8.25. The maximum absolute atomic E-state index is 11.3. The Morgan fingerprint density at radius 3 is 2.40 bits per heavy atom. The lowest BCUT2D eigenvalue weighted by atomic mass is 10.3. The predicted octanol–water partition coefficient (Wildman–Crippen LogP) is 2.35. The molecule has 2 unspecified atom stereocenters. The molecule has 0 aliphatic carbocycles. The van der Waals surface area contributed by atoms with Gasteiger partial charge in [-0.3, -0.25) is 9.05 Å². The van der Waals surface area contributed by atoms with Crippen LogP contribution in [-0.4, -0.2) is 30.8 Å². The first kappa shape index (κ1) is 15.1. The van der Waals surface area contributed by atoms with E-state index in [1.54, 1.807) is 0 Å². The molecule has 1 N–H and O–H groups in total. The van der Waals surface area contributed by atoms with Crippen molar-refractivity contribution in [1.82, 2.24) is 0 Å². The molecule has 0 aliphatic rings. The number of phosphoric acid groups is 1. The smallest absolute Gasteiger partial charge is 0.376 e. The molecule has 0 amide bonds. The van der Waals surface area contributed by atoms with Crippen molar-refractivity contribution in [1.29, 1.82) is 0 Å². The van der Waals surface area contributed by atoms with Crippen LogP contribution in [0.1, 0.15) is 33.6 Å². The molecule has 6 heteroatoms. The van der Waals surface area contributed by atoms with E-state index >= 15 is 0 Å². The van der Waals surface area contributed by atoms with Crippen LogP contribution in [0.3, 0.4) is 0 Å². The van der Waals surface area contributed by atoms with Crippen molar-refractivity contribution in [3.63, 3.8) is 0 Å². The number of phosphoric ester groups is 1. The van der Waals surface area contributed by atoms with E-state index in [1.807, 2.05) is 20.8 Å². The lowest BCUT2D eigenvalue weighted by Gasteiger charge is -2.17. The third kappa shape index (κ3) is 7.94. The summed E-state index contributed by atoms with van der Waals surface area (Å²) in [6.07, 6.45) is 1.26. The Hall–Kier alpha value is 0.0700. The van der Waals surface area contributed by atoms with E-state index in [1.165, 1.54) is 0 Å². The van der Waals surface area contributed by atoms with Gasteiger partial charge in [-0.15, -0.1) is 0 Å². The molecule has 0 radical (unpaired) electrons. The minimum absolute atomic E-state index is 0.0852. The van der Waals surface area contributed by atoms with Crippen molar-refractivity contribution in [3.8, 4) is 0 Å². The van der Waals surface area contributed by atoms with Crippen LogP contribution in [-0.2, 0) is 18.3 Å². The number of hydrogen-bond acceptors (Lipinski definition) is 4. The number of ether oxygens (including phenoxy) is 1. The summed E-state index contributed by atoms with van der Waals surface area (Å²) in [4.78, 5) is 9.21. The number of rotatable bonds is 9. The third-order valence-corrected chi connectivity index (χ3v) is 2.72. The summed E-state index contributed by atoms with van der Waals surface area (Å²) >= 11 is 0. The van der Waals surface area contributed by atoms with Gasteiger partial charge in [0.25, 0.3) is 0 Å². The quantitative estimate of drug-likeness (QED) is 0.626. The van der Waals surface area contributed by atoms with Crippen molar-refractivity contribution >= 4 is 7.82 Å². The molecule has 92 valence electrons. The van der Waals surface area contributed by atoms with Crippen LogP contribution in [0, 0.1) is 0 Å². The SMILES string of the molecule is CCCOP(=O)(O)OCC(CC)OCC. The molecule has 0 aromatic carbocycles. The van der Waals surface area contributed by atoms with Crippen LogP contribution >= 0.6 is 7.82 Å². The molecule has 5 nitrogen and oxygen atoms in total. The molecule has 0 fully saturated rings. The van der Waals surface area contributed by atoms with E-state index in [0.29, 0.717) is 13.0 Å². The maximum Gasteiger partial charge on any atom is 0.472 e.